The van der Waals surface area contributed by atoms with Gasteiger partial charge in [0.05, 0.1) is 30.1 Å². The van der Waals surface area contributed by atoms with Crippen molar-refractivity contribution >= 4 is 27.8 Å². The molecule has 1 fully saturated rings. The largest absolute Gasteiger partial charge is 1.00 e. The Kier molecular flexibility index (Phi) is 6.32. The number of carboxylic acid groups (broad SMARTS) is 1. The van der Waals surface area contributed by atoms with E-state index >= 15 is 0 Å². The van der Waals surface area contributed by atoms with Gasteiger partial charge in [-0.2, -0.15) is 0 Å². The number of aryl methyl sites for hydroxylation is 2. The van der Waals surface area contributed by atoms with Gasteiger partial charge in [-0.05, 0) is 44.5 Å². The van der Waals surface area contributed by atoms with Gasteiger partial charge in [-0.15, -0.1) is 0 Å². The number of aromatic carboxylic acids is 1. The van der Waals surface area contributed by atoms with E-state index in [0.29, 0.717) is 41.3 Å². The van der Waals surface area contributed by atoms with Gasteiger partial charge < -0.3 is 23.8 Å². The zero-order valence-electron chi connectivity index (χ0n) is 18.6. The van der Waals surface area contributed by atoms with Crippen molar-refractivity contribution in [2.24, 2.45) is 5.92 Å². The second-order valence-electron chi connectivity index (χ2n) is 8.12. The Bertz CT molecular complexity index is 1330. The van der Waals surface area contributed by atoms with E-state index in [1.54, 1.807) is 6.07 Å². The summed E-state index contributed by atoms with van der Waals surface area (Å²) >= 11 is 0. The molecule has 0 N–H and O–H groups in total. The number of hydrogen-bond acceptors (Lipinski definition) is 6. The smallest absolute Gasteiger partial charge is 0.545 e. The summed E-state index contributed by atoms with van der Waals surface area (Å²) in [5.41, 5.74) is 3.55. The molecular formula is C25H22NNaO5. The van der Waals surface area contributed by atoms with Gasteiger partial charge in [0.1, 0.15) is 23.1 Å². The van der Waals surface area contributed by atoms with Gasteiger partial charge in [-0.3, -0.25) is 0 Å². The number of pyridine rings is 1. The van der Waals surface area contributed by atoms with Crippen LogP contribution in [-0.2, 0) is 4.74 Å². The Morgan fingerprint density at radius 1 is 1.19 bits per heavy atom. The summed E-state index contributed by atoms with van der Waals surface area (Å²) in [6, 6.07) is 12.9. The van der Waals surface area contributed by atoms with E-state index in [0.717, 1.165) is 22.1 Å². The van der Waals surface area contributed by atoms with E-state index < -0.39 is 5.97 Å². The third-order valence-electron chi connectivity index (χ3n) is 6.06. The first kappa shape index (κ1) is 22.8. The first-order valence-electron chi connectivity index (χ1n) is 10.3. The number of fused-ring (bicyclic) bond motifs is 2. The van der Waals surface area contributed by atoms with Gasteiger partial charge in [-0.25, -0.2) is 4.98 Å². The Hall–Kier alpha value is -2.38. The molecule has 0 radical (unpaired) electrons. The first-order chi connectivity index (χ1) is 14.9. The van der Waals surface area contributed by atoms with Crippen LogP contribution >= 0.6 is 0 Å². The van der Waals surface area contributed by atoms with E-state index in [9.17, 15) is 9.90 Å². The SMILES string of the molecule is Cc1c(-c2cc(C(=O)[O-])c3c(OC(C)C4COC4)ccc(C)c3n2)oc2ccccc12.[Na+]. The molecule has 1 atom stereocenters. The Balaban J connectivity index is 0.00000245. The quantitative estimate of drug-likeness (QED) is 0.432. The summed E-state index contributed by atoms with van der Waals surface area (Å²) in [6.45, 7) is 7.10. The van der Waals surface area contributed by atoms with Crippen molar-refractivity contribution in [2.45, 2.75) is 26.9 Å². The van der Waals surface area contributed by atoms with E-state index in [1.807, 2.05) is 51.1 Å². The predicted molar refractivity (Wildman–Crippen MR) is 115 cm³/mol. The van der Waals surface area contributed by atoms with Crippen molar-refractivity contribution in [3.05, 3.63) is 59.2 Å². The third kappa shape index (κ3) is 3.82. The molecule has 0 amide bonds. The summed E-state index contributed by atoms with van der Waals surface area (Å²) in [4.78, 5) is 17.0. The van der Waals surface area contributed by atoms with Crippen LogP contribution in [0.5, 0.6) is 5.75 Å². The van der Waals surface area contributed by atoms with Gasteiger partial charge in [0.15, 0.2) is 5.76 Å². The Morgan fingerprint density at radius 3 is 2.59 bits per heavy atom. The molecule has 1 aliphatic heterocycles. The Morgan fingerprint density at radius 2 is 1.94 bits per heavy atom. The zero-order chi connectivity index (χ0) is 21.7. The number of nitrogens with zero attached hydrogens (tertiary/aromatic N) is 1. The molecule has 0 saturated carbocycles. The van der Waals surface area contributed by atoms with Crippen molar-refractivity contribution in [1.82, 2.24) is 4.98 Å². The fraction of sp³-hybridized carbons (Fsp3) is 0.280. The predicted octanol–water partition coefficient (Wildman–Crippen LogP) is 1.05. The second kappa shape index (κ2) is 8.87. The number of hydrogen-bond donors (Lipinski definition) is 0. The number of rotatable bonds is 5. The molecule has 32 heavy (non-hydrogen) atoms. The number of aromatic nitrogens is 1. The number of carboxylic acids is 1. The van der Waals surface area contributed by atoms with E-state index in [1.165, 1.54) is 6.07 Å². The van der Waals surface area contributed by atoms with E-state index in [2.05, 4.69) is 0 Å². The van der Waals surface area contributed by atoms with E-state index in [-0.39, 0.29) is 47.1 Å². The molecule has 158 valence electrons. The molecule has 1 saturated heterocycles. The minimum absolute atomic E-state index is 0. The van der Waals surface area contributed by atoms with Gasteiger partial charge >= 0.3 is 29.6 Å². The Labute approximate surface area is 207 Å². The molecular weight excluding hydrogens is 417 g/mol. The van der Waals surface area contributed by atoms with Crippen LogP contribution in [0.3, 0.4) is 0 Å². The van der Waals surface area contributed by atoms with Crippen LogP contribution in [0.4, 0.5) is 0 Å². The van der Waals surface area contributed by atoms with Crippen LogP contribution in [-0.4, -0.2) is 30.3 Å². The average molecular weight is 439 g/mol. The zero-order valence-corrected chi connectivity index (χ0v) is 20.6. The molecule has 0 spiro atoms. The topological polar surface area (TPSA) is 84.6 Å². The number of carbonyl (C=O) groups is 1. The van der Waals surface area contributed by atoms with Crippen LogP contribution in [0.25, 0.3) is 33.3 Å². The van der Waals surface area contributed by atoms with Crippen molar-refractivity contribution in [3.63, 3.8) is 0 Å². The first-order valence-corrected chi connectivity index (χ1v) is 10.3. The van der Waals surface area contributed by atoms with Crippen LogP contribution in [0.1, 0.15) is 28.4 Å². The summed E-state index contributed by atoms with van der Waals surface area (Å²) in [5.74, 6) is 0.0431. The minimum Gasteiger partial charge on any atom is -0.545 e. The minimum atomic E-state index is -1.28. The summed E-state index contributed by atoms with van der Waals surface area (Å²) in [7, 11) is 0. The maximum absolute atomic E-state index is 12.2. The van der Waals surface area contributed by atoms with Crippen LogP contribution in [0.15, 0.2) is 46.9 Å². The normalized spacial score (nSPS) is 14.7. The maximum atomic E-state index is 12.2. The number of benzene rings is 2. The summed E-state index contributed by atoms with van der Waals surface area (Å²) in [5, 5.41) is 13.6. The molecule has 7 heteroatoms. The van der Waals surface area contributed by atoms with Crippen LogP contribution in [0, 0.1) is 19.8 Å². The molecule has 5 rings (SSSR count). The van der Waals surface area contributed by atoms with Gasteiger partial charge in [0.2, 0.25) is 0 Å². The van der Waals surface area contributed by atoms with Crippen molar-refractivity contribution < 1.29 is 53.3 Å². The fourth-order valence-corrected chi connectivity index (χ4v) is 4.06. The van der Waals surface area contributed by atoms with Crippen molar-refractivity contribution in [2.75, 3.05) is 13.2 Å². The maximum Gasteiger partial charge on any atom is 1.00 e. The number of ether oxygens (including phenoxy) is 2. The molecule has 2 aromatic carbocycles. The fourth-order valence-electron chi connectivity index (χ4n) is 4.06. The molecule has 6 nitrogen and oxygen atoms in total. The van der Waals surface area contributed by atoms with Gasteiger partial charge in [0.25, 0.3) is 0 Å². The molecule has 0 aliphatic carbocycles. The van der Waals surface area contributed by atoms with Crippen LogP contribution in [0.2, 0.25) is 0 Å². The molecule has 2 aromatic heterocycles. The molecule has 0 bridgehead atoms. The van der Waals surface area contributed by atoms with Gasteiger partial charge in [-0.1, -0.05) is 24.3 Å². The van der Waals surface area contributed by atoms with Gasteiger partial charge in [0, 0.05) is 22.4 Å². The van der Waals surface area contributed by atoms with Crippen LogP contribution < -0.4 is 39.4 Å². The molecule has 1 aliphatic rings. The number of carbonyl (C=O) groups excluding carboxylic acids is 1. The third-order valence-corrected chi connectivity index (χ3v) is 6.06. The molecule has 4 aromatic rings. The second-order valence-corrected chi connectivity index (χ2v) is 8.12. The number of para-hydroxylation sites is 1. The number of furan rings is 1. The average Bonchev–Trinajstić information content (AvgIpc) is 3.05. The van der Waals surface area contributed by atoms with Crippen molar-refractivity contribution in [3.8, 4) is 17.2 Å². The van der Waals surface area contributed by atoms with Crippen molar-refractivity contribution in [1.29, 1.82) is 0 Å². The monoisotopic (exact) mass is 439 g/mol. The summed E-state index contributed by atoms with van der Waals surface area (Å²) < 4.78 is 17.5. The van der Waals surface area contributed by atoms with E-state index in [4.69, 9.17) is 18.9 Å². The summed E-state index contributed by atoms with van der Waals surface area (Å²) in [6.07, 6.45) is -0.105. The standard InChI is InChI=1S/C25H23NO5.Na/c1-13-8-9-21(30-15(3)16-11-29-12-16)22-18(25(27)28)10-19(26-23(13)22)24-14(2)17-6-4-5-7-20(17)31-24;/h4-10,15-16H,11-12H2,1-3H3,(H,27,28);/q;+1/p-1. The molecule has 1 unspecified atom stereocenters. The molecule has 3 heterocycles.